The summed E-state index contributed by atoms with van der Waals surface area (Å²) in [5, 5.41) is 3.05. The number of hydrogen-bond acceptors (Lipinski definition) is 6. The van der Waals surface area contributed by atoms with E-state index < -0.39 is 0 Å². The Bertz CT molecular complexity index is 842. The number of nitrogens with one attached hydrogen (secondary N) is 1. The number of aryl methyl sites for hydroxylation is 1. The van der Waals surface area contributed by atoms with Crippen molar-refractivity contribution in [2.75, 3.05) is 65.5 Å². The fourth-order valence-electron chi connectivity index (χ4n) is 4.18. The Morgan fingerprint density at radius 2 is 1.58 bits per heavy atom. The molecular weight excluding hydrogens is 418 g/mol. The molecule has 1 amide bonds. The number of amides is 1. The molecule has 2 aromatic carbocycles. The first-order valence-electron chi connectivity index (χ1n) is 11.7. The maximum Gasteiger partial charge on any atom is 0.220 e. The minimum absolute atomic E-state index is 0.0697. The molecule has 1 aliphatic rings. The van der Waals surface area contributed by atoms with Gasteiger partial charge in [0.15, 0.2) is 11.5 Å². The molecule has 1 aliphatic heterocycles. The Labute approximate surface area is 197 Å². The monoisotopic (exact) mass is 455 g/mol. The third-order valence-electron chi connectivity index (χ3n) is 6.08. The topological polar surface area (TPSA) is 63.3 Å². The van der Waals surface area contributed by atoms with Crippen LogP contribution in [-0.2, 0) is 11.2 Å². The van der Waals surface area contributed by atoms with Gasteiger partial charge in [0, 0.05) is 44.8 Å². The van der Waals surface area contributed by atoms with Crippen LogP contribution in [0.2, 0.25) is 0 Å². The summed E-state index contributed by atoms with van der Waals surface area (Å²) in [5.74, 6) is 1.85. The van der Waals surface area contributed by atoms with E-state index in [1.54, 1.807) is 21.3 Å². The number of carbonyl (C=O) groups is 1. The summed E-state index contributed by atoms with van der Waals surface area (Å²) in [7, 11) is 4.77. The average molecular weight is 456 g/mol. The number of benzene rings is 2. The van der Waals surface area contributed by atoms with Crippen molar-refractivity contribution < 1.29 is 19.0 Å². The third-order valence-corrected chi connectivity index (χ3v) is 6.08. The van der Waals surface area contributed by atoms with Crippen molar-refractivity contribution in [3.05, 3.63) is 48.0 Å². The molecule has 7 nitrogen and oxygen atoms in total. The van der Waals surface area contributed by atoms with Crippen molar-refractivity contribution in [3.63, 3.8) is 0 Å². The Balaban J connectivity index is 1.30. The summed E-state index contributed by atoms with van der Waals surface area (Å²) < 4.78 is 16.1. The summed E-state index contributed by atoms with van der Waals surface area (Å²) in [4.78, 5) is 17.2. The number of anilines is 1. The second-order valence-corrected chi connectivity index (χ2v) is 8.25. The molecule has 1 N–H and O–H groups in total. The molecular formula is C26H37N3O4. The van der Waals surface area contributed by atoms with Crippen LogP contribution in [0.4, 0.5) is 5.69 Å². The first kappa shape index (κ1) is 24.7. The Morgan fingerprint density at radius 1 is 0.909 bits per heavy atom. The summed E-state index contributed by atoms with van der Waals surface area (Å²) in [6.45, 7) is 6.14. The van der Waals surface area contributed by atoms with Crippen LogP contribution < -0.4 is 24.4 Å². The van der Waals surface area contributed by atoms with Crippen LogP contribution in [0.5, 0.6) is 17.2 Å². The zero-order valence-corrected chi connectivity index (χ0v) is 20.1. The summed E-state index contributed by atoms with van der Waals surface area (Å²) in [6.07, 6.45) is 3.14. The number of unbranched alkanes of at least 4 members (excludes halogenated alkanes) is 1. The highest BCUT2D eigenvalue weighted by molar-refractivity contribution is 5.76. The molecule has 1 saturated heterocycles. The zero-order chi connectivity index (χ0) is 23.5. The predicted molar refractivity (Wildman–Crippen MR) is 132 cm³/mol. The molecule has 0 saturated carbocycles. The molecule has 0 bridgehead atoms. The van der Waals surface area contributed by atoms with Gasteiger partial charge in [-0.1, -0.05) is 18.2 Å². The van der Waals surface area contributed by atoms with E-state index in [2.05, 4.69) is 45.4 Å². The number of carbonyl (C=O) groups excluding carboxylic acids is 1. The van der Waals surface area contributed by atoms with Gasteiger partial charge >= 0.3 is 0 Å². The second-order valence-electron chi connectivity index (χ2n) is 8.25. The molecule has 0 aliphatic carbocycles. The average Bonchev–Trinajstić information content (AvgIpc) is 2.87. The lowest BCUT2D eigenvalue weighted by Gasteiger charge is -2.36. The van der Waals surface area contributed by atoms with Crippen LogP contribution in [0, 0.1) is 0 Å². The van der Waals surface area contributed by atoms with E-state index in [-0.39, 0.29) is 5.91 Å². The second kappa shape index (κ2) is 12.9. The maximum atomic E-state index is 12.3. The first-order chi connectivity index (χ1) is 16.1. The van der Waals surface area contributed by atoms with Crippen LogP contribution >= 0.6 is 0 Å². The summed E-state index contributed by atoms with van der Waals surface area (Å²) in [6, 6.07) is 14.4. The number of para-hydroxylation sites is 1. The van der Waals surface area contributed by atoms with Gasteiger partial charge in [-0.25, -0.2) is 0 Å². The molecule has 1 heterocycles. The van der Waals surface area contributed by atoms with Crippen LogP contribution in [0.1, 0.15) is 24.8 Å². The van der Waals surface area contributed by atoms with Gasteiger partial charge in [-0.05, 0) is 55.6 Å². The van der Waals surface area contributed by atoms with E-state index in [1.807, 2.05) is 12.1 Å². The largest absolute Gasteiger partial charge is 0.493 e. The molecule has 3 rings (SSSR count). The third kappa shape index (κ3) is 7.29. The molecule has 7 heteroatoms. The predicted octanol–water partition coefficient (Wildman–Crippen LogP) is 3.36. The standard InChI is InChI=1S/C26H37N3O4/c1-31-23-19-21(20-24(32-2)26(23)33-3)11-12-25(30)27-13-7-8-14-28-15-17-29(18-16-28)22-9-5-4-6-10-22/h4-6,9-10,19-20H,7-8,11-18H2,1-3H3,(H,27,30). The van der Waals surface area contributed by atoms with Crippen LogP contribution in [-0.4, -0.2) is 71.4 Å². The smallest absolute Gasteiger partial charge is 0.220 e. The minimum atomic E-state index is 0.0697. The van der Waals surface area contributed by atoms with Gasteiger partial charge in [0.25, 0.3) is 0 Å². The molecule has 0 unspecified atom stereocenters. The van der Waals surface area contributed by atoms with E-state index in [9.17, 15) is 4.79 Å². The quantitative estimate of drug-likeness (QED) is 0.495. The molecule has 33 heavy (non-hydrogen) atoms. The van der Waals surface area contributed by atoms with Gasteiger partial charge < -0.3 is 24.4 Å². The highest BCUT2D eigenvalue weighted by Gasteiger charge is 2.17. The van der Waals surface area contributed by atoms with E-state index in [1.165, 1.54) is 5.69 Å². The molecule has 1 fully saturated rings. The van der Waals surface area contributed by atoms with E-state index >= 15 is 0 Å². The normalized spacial score (nSPS) is 14.1. The number of rotatable bonds is 12. The fraction of sp³-hybridized carbons (Fsp3) is 0.500. The van der Waals surface area contributed by atoms with Gasteiger partial charge in [0.05, 0.1) is 21.3 Å². The molecule has 0 spiro atoms. The van der Waals surface area contributed by atoms with Crippen molar-refractivity contribution in [2.24, 2.45) is 0 Å². The molecule has 0 radical (unpaired) electrons. The van der Waals surface area contributed by atoms with E-state index in [4.69, 9.17) is 14.2 Å². The molecule has 0 aromatic heterocycles. The van der Waals surface area contributed by atoms with Crippen LogP contribution in [0.3, 0.4) is 0 Å². The molecule has 180 valence electrons. The number of piperazine rings is 1. The summed E-state index contributed by atoms with van der Waals surface area (Å²) >= 11 is 0. The lowest BCUT2D eigenvalue weighted by molar-refractivity contribution is -0.121. The number of methoxy groups -OCH3 is 3. The lowest BCUT2D eigenvalue weighted by atomic mass is 10.1. The van der Waals surface area contributed by atoms with Gasteiger partial charge in [-0.15, -0.1) is 0 Å². The van der Waals surface area contributed by atoms with Gasteiger partial charge in [-0.3, -0.25) is 9.69 Å². The minimum Gasteiger partial charge on any atom is -0.493 e. The number of hydrogen-bond donors (Lipinski definition) is 1. The van der Waals surface area contributed by atoms with E-state index in [0.717, 1.165) is 57.7 Å². The van der Waals surface area contributed by atoms with Crippen molar-refractivity contribution in [1.82, 2.24) is 10.2 Å². The molecule has 2 aromatic rings. The Morgan fingerprint density at radius 3 is 2.18 bits per heavy atom. The lowest BCUT2D eigenvalue weighted by Crippen LogP contribution is -2.46. The van der Waals surface area contributed by atoms with Gasteiger partial charge in [0.1, 0.15) is 0 Å². The van der Waals surface area contributed by atoms with Crippen molar-refractivity contribution in [2.45, 2.75) is 25.7 Å². The summed E-state index contributed by atoms with van der Waals surface area (Å²) in [5.41, 5.74) is 2.29. The maximum absolute atomic E-state index is 12.3. The highest BCUT2D eigenvalue weighted by atomic mass is 16.5. The highest BCUT2D eigenvalue weighted by Crippen LogP contribution is 2.38. The molecule has 0 atom stereocenters. The van der Waals surface area contributed by atoms with Crippen LogP contribution in [0.25, 0.3) is 0 Å². The van der Waals surface area contributed by atoms with Gasteiger partial charge in [0.2, 0.25) is 11.7 Å². The van der Waals surface area contributed by atoms with Crippen molar-refractivity contribution in [1.29, 1.82) is 0 Å². The Hall–Kier alpha value is -2.93. The van der Waals surface area contributed by atoms with Crippen LogP contribution in [0.15, 0.2) is 42.5 Å². The number of nitrogens with zero attached hydrogens (tertiary/aromatic N) is 2. The zero-order valence-electron chi connectivity index (χ0n) is 20.1. The first-order valence-corrected chi connectivity index (χ1v) is 11.7. The van der Waals surface area contributed by atoms with Crippen molar-refractivity contribution >= 4 is 11.6 Å². The van der Waals surface area contributed by atoms with E-state index in [0.29, 0.717) is 30.1 Å². The van der Waals surface area contributed by atoms with Gasteiger partial charge in [-0.2, -0.15) is 0 Å². The fourth-order valence-corrected chi connectivity index (χ4v) is 4.18. The SMILES string of the molecule is COc1cc(CCC(=O)NCCCCN2CCN(c3ccccc3)CC2)cc(OC)c1OC. The van der Waals surface area contributed by atoms with Crippen molar-refractivity contribution in [3.8, 4) is 17.2 Å². The Kier molecular flexibility index (Phi) is 9.69. The number of ether oxygens (including phenoxy) is 3.